The van der Waals surface area contributed by atoms with Gasteiger partial charge in [0, 0.05) is 0 Å². The number of rotatable bonds is 83. The molecule has 13 heteroatoms. The van der Waals surface area contributed by atoms with E-state index in [1.165, 1.54) is 424 Å². The maximum Gasteiger partial charge on any atom is 0.311 e. The zero-order chi connectivity index (χ0) is 78.5. The maximum absolute atomic E-state index is 13.9. The first-order valence-electron chi connectivity index (χ1n) is 48.9. The summed E-state index contributed by atoms with van der Waals surface area (Å²) in [5.41, 5.74) is 0. The number of aliphatic hydroxyl groups is 8. The van der Waals surface area contributed by atoms with Gasteiger partial charge in [-0.2, -0.15) is 0 Å². The highest BCUT2D eigenvalue weighted by Gasteiger charge is 2.50. The second kappa shape index (κ2) is 73.4. The van der Waals surface area contributed by atoms with E-state index in [1.54, 1.807) is 0 Å². The van der Waals surface area contributed by atoms with Crippen LogP contribution in [0.25, 0.3) is 0 Å². The second-order valence-electron chi connectivity index (χ2n) is 36.1. The Morgan fingerprint density at radius 1 is 0.312 bits per heavy atom. The van der Waals surface area contributed by atoms with E-state index in [0.717, 1.165) is 62.7 Å². The van der Waals surface area contributed by atoms with Gasteiger partial charge in [0.05, 0.1) is 18.6 Å². The monoisotopic (exact) mass is 1550 g/mol. The first-order chi connectivity index (χ1) is 53.4. The Hall–Kier alpha value is -0.970. The van der Waals surface area contributed by atoms with Gasteiger partial charge in [0.1, 0.15) is 55.4 Å². The van der Waals surface area contributed by atoms with Gasteiger partial charge in [0.2, 0.25) is 0 Å². The van der Waals surface area contributed by atoms with Gasteiger partial charge >= 0.3 is 5.97 Å². The summed E-state index contributed by atoms with van der Waals surface area (Å²) in [6, 6.07) is 0. The average molecular weight is 1550 g/mol. The van der Waals surface area contributed by atoms with Crippen LogP contribution in [0.4, 0.5) is 0 Å². The molecule has 3 rings (SSSR count). The molecule has 0 aromatic heterocycles. The van der Waals surface area contributed by atoms with Crippen molar-refractivity contribution >= 4 is 5.97 Å². The first-order valence-corrected chi connectivity index (χ1v) is 48.9. The van der Waals surface area contributed by atoms with Gasteiger partial charge in [0.15, 0.2) is 12.6 Å². The molecule has 109 heavy (non-hydrogen) atoms. The third-order valence-corrected chi connectivity index (χ3v) is 25.8. The lowest BCUT2D eigenvalue weighted by molar-refractivity contribution is -0.376. The van der Waals surface area contributed by atoms with Crippen molar-refractivity contribution in [2.75, 3.05) is 13.2 Å². The Kier molecular flexibility index (Phi) is 68.8. The van der Waals surface area contributed by atoms with Crippen molar-refractivity contribution < 1.29 is 64.6 Å². The minimum Gasteiger partial charge on any atom is -0.463 e. The fraction of sp³-hybridized carbons (Fsp3) is 0.990. The highest BCUT2D eigenvalue weighted by molar-refractivity contribution is 5.73. The number of hydrogen-bond donors (Lipinski definition) is 8. The van der Waals surface area contributed by atoms with Crippen LogP contribution in [0.1, 0.15) is 502 Å². The van der Waals surface area contributed by atoms with Crippen LogP contribution in [-0.2, 0) is 23.7 Å². The molecule has 3 aliphatic rings. The summed E-state index contributed by atoms with van der Waals surface area (Å²) in [6.07, 6.45) is 83.7. The molecule has 1 saturated carbocycles. The Morgan fingerprint density at radius 3 is 0.835 bits per heavy atom. The normalized spacial score (nSPS) is 23.1. The highest BCUT2D eigenvalue weighted by Crippen LogP contribution is 2.46. The van der Waals surface area contributed by atoms with Crippen molar-refractivity contribution in [1.29, 1.82) is 0 Å². The summed E-state index contributed by atoms with van der Waals surface area (Å²) in [7, 11) is 0. The highest BCUT2D eigenvalue weighted by atomic mass is 16.8. The van der Waals surface area contributed by atoms with Gasteiger partial charge in [0.25, 0.3) is 0 Å². The van der Waals surface area contributed by atoms with Gasteiger partial charge < -0.3 is 59.8 Å². The Labute approximate surface area is 673 Å². The minimum absolute atomic E-state index is 0.456. The molecule has 0 aromatic rings. The third-order valence-electron chi connectivity index (χ3n) is 25.8. The minimum atomic E-state index is -1.82. The Bertz CT molecular complexity index is 1910. The second-order valence-corrected chi connectivity index (χ2v) is 36.1. The molecule has 5 unspecified atom stereocenters. The molecule has 0 spiro atoms. The van der Waals surface area contributed by atoms with E-state index in [-0.39, 0.29) is 0 Å². The van der Waals surface area contributed by atoms with Crippen LogP contribution in [0, 0.1) is 23.7 Å². The van der Waals surface area contributed by atoms with Crippen molar-refractivity contribution in [3.8, 4) is 0 Å². The molecule has 648 valence electrons. The average Bonchev–Trinajstić information content (AvgIpc) is 1.59. The molecule has 0 aromatic carbocycles. The van der Waals surface area contributed by atoms with Crippen molar-refractivity contribution in [3.63, 3.8) is 0 Å². The first kappa shape index (κ1) is 102. The van der Waals surface area contributed by atoms with E-state index in [4.69, 9.17) is 18.9 Å². The predicted octanol–water partition coefficient (Wildman–Crippen LogP) is 25.3. The Morgan fingerprint density at radius 2 is 0.550 bits per heavy atom. The molecular formula is C96H186O13. The van der Waals surface area contributed by atoms with Crippen LogP contribution in [0.3, 0.4) is 0 Å². The van der Waals surface area contributed by atoms with Crippen LogP contribution >= 0.6 is 0 Å². The number of unbranched alkanes of at least 4 members (excludes halogenated alkanes) is 64. The van der Waals surface area contributed by atoms with Crippen molar-refractivity contribution in [2.45, 2.75) is 570 Å². The fourth-order valence-electron chi connectivity index (χ4n) is 17.8. The van der Waals surface area contributed by atoms with Gasteiger partial charge in [-0.25, -0.2) is 0 Å². The van der Waals surface area contributed by atoms with Gasteiger partial charge in [-0.1, -0.05) is 483 Å². The van der Waals surface area contributed by atoms with E-state index in [1.807, 2.05) is 0 Å². The third kappa shape index (κ3) is 55.4. The van der Waals surface area contributed by atoms with E-state index in [2.05, 4.69) is 20.8 Å². The van der Waals surface area contributed by atoms with Crippen LogP contribution < -0.4 is 0 Å². The topological polar surface area (TPSA) is 216 Å². The molecule has 8 N–H and O–H groups in total. The summed E-state index contributed by atoms with van der Waals surface area (Å²) in [5.74, 6) is 1.64. The van der Waals surface area contributed by atoms with Crippen molar-refractivity contribution in [2.24, 2.45) is 23.7 Å². The largest absolute Gasteiger partial charge is 0.463 e. The molecule has 2 aliphatic heterocycles. The maximum atomic E-state index is 13.9. The molecule has 3 fully saturated rings. The van der Waals surface area contributed by atoms with Crippen molar-refractivity contribution in [3.05, 3.63) is 0 Å². The number of ether oxygens (including phenoxy) is 4. The number of esters is 1. The Balaban J connectivity index is 1.11. The molecule has 0 bridgehead atoms. The smallest absolute Gasteiger partial charge is 0.311 e. The van der Waals surface area contributed by atoms with Crippen molar-refractivity contribution in [1.82, 2.24) is 0 Å². The molecule has 0 radical (unpaired) electrons. The lowest BCUT2D eigenvalue weighted by atomic mass is 9.91. The number of aliphatic hydroxyl groups excluding tert-OH is 8. The van der Waals surface area contributed by atoms with Crippen LogP contribution in [0.2, 0.25) is 0 Å². The summed E-state index contributed by atoms with van der Waals surface area (Å²) >= 11 is 0. The zero-order valence-electron chi connectivity index (χ0n) is 72.2. The SMILES string of the molecule is CCCCCCCCCCCCCCCCCCCCCCCCC(C(=O)OC[C@H]1O[C@H](O[C@H]2O[C@H](CO)[C@@H](O)[C@H](O)[C@H]2O)[C@H](O)[C@@H](O)[C@@H]1O)C(O)CCCCCCCCCCCCCCCCCC1CC1CCCCCCCCCCCCCCCCCC(C)CCCCCCCCCCCCCCCCCC. The molecule has 2 heterocycles. The van der Waals surface area contributed by atoms with E-state index >= 15 is 0 Å². The molecule has 2 saturated heterocycles. The summed E-state index contributed by atoms with van der Waals surface area (Å²) in [6.45, 7) is 5.89. The van der Waals surface area contributed by atoms with Crippen LogP contribution in [0.5, 0.6) is 0 Å². The van der Waals surface area contributed by atoms with Crippen LogP contribution in [0.15, 0.2) is 0 Å². The quantitative estimate of drug-likeness (QED) is 0.0210. The fourth-order valence-corrected chi connectivity index (χ4v) is 17.8. The number of hydrogen-bond acceptors (Lipinski definition) is 13. The van der Waals surface area contributed by atoms with E-state index in [0.29, 0.717) is 12.8 Å². The molecule has 13 nitrogen and oxygen atoms in total. The number of carbonyl (C=O) groups is 1. The van der Waals surface area contributed by atoms with Crippen LogP contribution in [-0.4, -0.2) is 128 Å². The summed E-state index contributed by atoms with van der Waals surface area (Å²) in [4.78, 5) is 13.9. The van der Waals surface area contributed by atoms with E-state index < -0.39 is 92.6 Å². The predicted molar refractivity (Wildman–Crippen MR) is 456 cm³/mol. The molecule has 15 atom stereocenters. The summed E-state index contributed by atoms with van der Waals surface area (Å²) in [5, 5.41) is 84.6. The molecule has 0 amide bonds. The van der Waals surface area contributed by atoms with Gasteiger partial charge in [-0.3, -0.25) is 4.79 Å². The number of carbonyl (C=O) groups excluding carboxylic acids is 1. The zero-order valence-corrected chi connectivity index (χ0v) is 72.2. The lowest BCUT2D eigenvalue weighted by Crippen LogP contribution is -2.63. The molecular weight excluding hydrogens is 1360 g/mol. The van der Waals surface area contributed by atoms with E-state index in [9.17, 15) is 45.6 Å². The standard InChI is InChI=1S/C96H186O13/c1-4-6-8-10-12-14-16-18-20-22-23-24-25-26-27-34-40-46-52-58-64-70-76-84(94(105)106-80-87-89(100)91(102)93(104)96(108-87)109-95-92(103)90(101)88(99)86(79-97)107-95)85(98)77-71-65-59-53-47-41-35-29-33-39-45-51-57-63-69-75-83-78-82(83)74-68-62-56-50-44-38-32-28-31-37-43-49-55-61-67-73-81(3)72-66-60-54-48-42-36-30-21-19-17-15-13-11-9-7-5-2/h81-93,95-104H,4-80H2,1-3H3/t81?,82?,83?,84?,85?,86-,87-,88-,89-,90+,91+,92-,93-,95-,96-/m1/s1. The lowest BCUT2D eigenvalue weighted by Gasteiger charge is -2.44. The van der Waals surface area contributed by atoms with Gasteiger partial charge in [-0.15, -0.1) is 0 Å². The van der Waals surface area contributed by atoms with Gasteiger partial charge in [-0.05, 0) is 37.0 Å². The summed E-state index contributed by atoms with van der Waals surface area (Å²) < 4.78 is 22.5. The molecule has 1 aliphatic carbocycles.